The monoisotopic (exact) mass is 572 g/mol. The maximum Gasteiger partial charge on any atom is 0.483 e. The van der Waals surface area contributed by atoms with Crippen molar-refractivity contribution in [3.63, 3.8) is 0 Å². The Morgan fingerprint density at radius 1 is 0.632 bits per heavy atom. The summed E-state index contributed by atoms with van der Waals surface area (Å²) in [7, 11) is 0. The molecule has 0 saturated heterocycles. The first-order valence-electron chi connectivity index (χ1n) is 8.82. The Morgan fingerprint density at radius 2 is 0.974 bits per heavy atom. The number of ether oxygens (including phenoxy) is 2. The van der Waals surface area contributed by atoms with Gasteiger partial charge < -0.3 is 25.2 Å². The fraction of sp³-hybridized carbons (Fsp3) is 0.222. The zero-order chi connectivity index (χ0) is 29.8. The lowest BCUT2D eigenvalue weighted by Gasteiger charge is -2.39. The van der Waals surface area contributed by atoms with E-state index in [0.29, 0.717) is 0 Å². The van der Waals surface area contributed by atoms with E-state index in [9.17, 15) is 83.5 Å². The third-order valence-corrected chi connectivity index (χ3v) is 4.64. The van der Waals surface area contributed by atoms with E-state index < -0.39 is 105 Å². The quantitative estimate of drug-likeness (QED) is 0.207. The Balaban J connectivity index is 3.04. The van der Waals surface area contributed by atoms with Crippen molar-refractivity contribution in [3.8, 4) is 5.75 Å². The number of carbonyl (C=O) groups is 4. The van der Waals surface area contributed by atoms with Crippen LogP contribution in [-0.4, -0.2) is 67.8 Å². The molecule has 1 aliphatic rings. The van der Waals surface area contributed by atoms with Gasteiger partial charge in [-0.15, -0.1) is 0 Å². The highest BCUT2D eigenvalue weighted by Gasteiger charge is 2.68. The van der Waals surface area contributed by atoms with Gasteiger partial charge in [-0.3, -0.25) is 4.74 Å². The standard InChI is InChI=1S/C18H6F10O10/c19-5-6(20)8(22)10(9(23)7(5)21)37-15(13(33)34)1-4(12(31)32)16(14(35)36,2-3(15)11(29)30)38-18(27,28)17(24,25)26/h1-2H,(H,29,30)(H,31,32)(H,33,34)(H,35,36). The lowest BCUT2D eigenvalue weighted by atomic mass is 9.76. The molecule has 0 fully saturated rings. The van der Waals surface area contributed by atoms with Crippen molar-refractivity contribution in [3.05, 3.63) is 52.4 Å². The van der Waals surface area contributed by atoms with Crippen LogP contribution in [0.5, 0.6) is 5.75 Å². The molecule has 2 unspecified atom stereocenters. The van der Waals surface area contributed by atoms with Gasteiger partial charge in [0, 0.05) is 0 Å². The zero-order valence-corrected chi connectivity index (χ0v) is 17.2. The first-order valence-corrected chi connectivity index (χ1v) is 8.82. The summed E-state index contributed by atoms with van der Waals surface area (Å²) < 4.78 is 141. The number of halogens is 10. The molecular formula is C18H6F10O10. The molecule has 208 valence electrons. The van der Waals surface area contributed by atoms with Crippen molar-refractivity contribution in [2.75, 3.05) is 0 Å². The third-order valence-electron chi connectivity index (χ3n) is 4.64. The fourth-order valence-electron chi connectivity index (χ4n) is 2.92. The van der Waals surface area contributed by atoms with E-state index in [2.05, 4.69) is 9.47 Å². The topological polar surface area (TPSA) is 168 Å². The number of aliphatic carboxylic acids is 4. The molecule has 1 aliphatic carbocycles. The van der Waals surface area contributed by atoms with Crippen LogP contribution in [0.15, 0.2) is 23.3 Å². The van der Waals surface area contributed by atoms with E-state index in [4.69, 9.17) is 0 Å². The Hall–Kier alpha value is -4.36. The molecule has 10 nitrogen and oxygen atoms in total. The number of benzene rings is 1. The van der Waals surface area contributed by atoms with Gasteiger partial charge >= 0.3 is 36.2 Å². The van der Waals surface area contributed by atoms with Crippen LogP contribution in [0.1, 0.15) is 0 Å². The second kappa shape index (κ2) is 9.19. The van der Waals surface area contributed by atoms with Crippen molar-refractivity contribution < 1.29 is 93.0 Å². The molecule has 1 aromatic rings. The summed E-state index contributed by atoms with van der Waals surface area (Å²) in [5.74, 6) is -28.8. The van der Waals surface area contributed by atoms with Gasteiger partial charge in [0.05, 0.1) is 11.1 Å². The van der Waals surface area contributed by atoms with E-state index in [1.165, 1.54) is 0 Å². The van der Waals surface area contributed by atoms with Gasteiger partial charge in [-0.1, -0.05) is 0 Å². The molecule has 2 rings (SSSR count). The molecular weight excluding hydrogens is 566 g/mol. The average molecular weight is 572 g/mol. The van der Waals surface area contributed by atoms with Crippen LogP contribution in [0.3, 0.4) is 0 Å². The number of carboxylic acid groups (broad SMARTS) is 4. The summed E-state index contributed by atoms with van der Waals surface area (Å²) in [6.07, 6.45) is -15.2. The Labute approximate surface area is 199 Å². The molecule has 0 aromatic heterocycles. The summed E-state index contributed by atoms with van der Waals surface area (Å²) in [6.45, 7) is 0. The van der Waals surface area contributed by atoms with Gasteiger partial charge in [0.25, 0.3) is 5.60 Å². The number of hydrogen-bond donors (Lipinski definition) is 4. The molecule has 0 bridgehead atoms. The van der Waals surface area contributed by atoms with Crippen LogP contribution < -0.4 is 4.74 Å². The minimum absolute atomic E-state index is 0.847. The SMILES string of the molecule is O=C(O)C1=CC(OC(F)(F)C(F)(F)F)(C(=O)O)C(C(=O)O)=CC1(Oc1c(F)c(F)c(F)c(F)c1F)C(=O)O. The number of hydrogen-bond acceptors (Lipinski definition) is 6. The van der Waals surface area contributed by atoms with Crippen LogP contribution in [0.2, 0.25) is 0 Å². The minimum Gasteiger partial charge on any atom is -0.479 e. The van der Waals surface area contributed by atoms with Crippen molar-refractivity contribution in [1.82, 2.24) is 0 Å². The largest absolute Gasteiger partial charge is 0.483 e. The molecule has 0 saturated carbocycles. The van der Waals surface area contributed by atoms with Crippen LogP contribution in [-0.2, 0) is 23.9 Å². The molecule has 0 heterocycles. The number of rotatable bonds is 8. The lowest BCUT2D eigenvalue weighted by molar-refractivity contribution is -0.405. The molecule has 20 heteroatoms. The van der Waals surface area contributed by atoms with Crippen molar-refractivity contribution in [2.24, 2.45) is 0 Å². The minimum atomic E-state index is -6.79. The molecule has 38 heavy (non-hydrogen) atoms. The van der Waals surface area contributed by atoms with E-state index in [-0.39, 0.29) is 0 Å². The van der Waals surface area contributed by atoms with E-state index in [1.807, 2.05) is 0 Å². The highest BCUT2D eigenvalue weighted by molar-refractivity contribution is 6.09. The molecule has 0 spiro atoms. The normalized spacial score (nSPS) is 21.8. The van der Waals surface area contributed by atoms with Gasteiger partial charge in [0.1, 0.15) is 0 Å². The Bertz CT molecular complexity index is 1290. The first-order chi connectivity index (χ1) is 17.1. The molecule has 2 atom stereocenters. The maximum absolute atomic E-state index is 14.1. The van der Waals surface area contributed by atoms with Crippen LogP contribution >= 0.6 is 0 Å². The average Bonchev–Trinajstić information content (AvgIpc) is 2.78. The second-order valence-electron chi connectivity index (χ2n) is 6.93. The van der Waals surface area contributed by atoms with Crippen molar-refractivity contribution in [2.45, 2.75) is 23.5 Å². The molecule has 0 amide bonds. The van der Waals surface area contributed by atoms with Crippen LogP contribution in [0.25, 0.3) is 0 Å². The van der Waals surface area contributed by atoms with E-state index >= 15 is 0 Å². The first kappa shape index (κ1) is 29.9. The molecule has 0 radical (unpaired) electrons. The predicted octanol–water partition coefficient (Wildman–Crippen LogP) is 2.61. The van der Waals surface area contributed by atoms with Crippen LogP contribution in [0, 0.1) is 29.1 Å². The summed E-state index contributed by atoms with van der Waals surface area (Å²) in [5, 5.41) is 37.5. The Morgan fingerprint density at radius 3 is 1.32 bits per heavy atom. The smallest absolute Gasteiger partial charge is 0.479 e. The van der Waals surface area contributed by atoms with Gasteiger partial charge in [0.2, 0.25) is 34.7 Å². The van der Waals surface area contributed by atoms with Gasteiger partial charge in [0.15, 0.2) is 5.75 Å². The van der Waals surface area contributed by atoms with Crippen molar-refractivity contribution in [1.29, 1.82) is 0 Å². The number of carboxylic acids is 4. The van der Waals surface area contributed by atoms with Gasteiger partial charge in [-0.2, -0.15) is 30.7 Å². The van der Waals surface area contributed by atoms with Gasteiger partial charge in [-0.05, 0) is 12.2 Å². The molecule has 1 aromatic carbocycles. The predicted molar refractivity (Wildman–Crippen MR) is 91.1 cm³/mol. The Kier molecular flexibility index (Phi) is 7.22. The lowest BCUT2D eigenvalue weighted by Crippen LogP contribution is -2.59. The fourth-order valence-corrected chi connectivity index (χ4v) is 2.92. The second-order valence-corrected chi connectivity index (χ2v) is 6.93. The third kappa shape index (κ3) is 4.46. The van der Waals surface area contributed by atoms with E-state index in [0.717, 1.165) is 0 Å². The molecule has 0 aliphatic heterocycles. The summed E-state index contributed by atoms with van der Waals surface area (Å²) in [6, 6.07) is 0. The van der Waals surface area contributed by atoms with Crippen molar-refractivity contribution >= 4 is 23.9 Å². The van der Waals surface area contributed by atoms with Gasteiger partial charge in [-0.25, -0.2) is 32.3 Å². The number of alkyl halides is 5. The summed E-state index contributed by atoms with van der Waals surface area (Å²) >= 11 is 0. The zero-order valence-electron chi connectivity index (χ0n) is 17.2. The van der Waals surface area contributed by atoms with Crippen LogP contribution in [0.4, 0.5) is 43.9 Å². The summed E-state index contributed by atoms with van der Waals surface area (Å²) in [5.41, 5.74) is -13.9. The summed E-state index contributed by atoms with van der Waals surface area (Å²) in [4.78, 5) is 47.1. The highest BCUT2D eigenvalue weighted by Crippen LogP contribution is 2.47. The molecule has 4 N–H and O–H groups in total. The van der Waals surface area contributed by atoms with E-state index in [1.54, 1.807) is 0 Å². The maximum atomic E-state index is 14.1. The highest BCUT2D eigenvalue weighted by atomic mass is 19.4.